The first-order chi connectivity index (χ1) is 16.3. The largest absolute Gasteiger partial charge is 0.444 e. The maximum Gasteiger partial charge on any atom is 0.408 e. The summed E-state index contributed by atoms with van der Waals surface area (Å²) in [5, 5.41) is 43.1. The first-order valence-corrected chi connectivity index (χ1v) is 11.6. The summed E-state index contributed by atoms with van der Waals surface area (Å²) in [4.78, 5) is 34.2. The van der Waals surface area contributed by atoms with Crippen molar-refractivity contribution >= 4 is 17.9 Å². The highest BCUT2D eigenvalue weighted by atomic mass is 16.6. The van der Waals surface area contributed by atoms with Gasteiger partial charge in [0.25, 0.3) is 0 Å². The zero-order valence-electron chi connectivity index (χ0n) is 21.7. The summed E-state index contributed by atoms with van der Waals surface area (Å²) in [6.07, 6.45) is -1.51. The molecule has 3 atom stereocenters. The Balaban J connectivity index is 0. The van der Waals surface area contributed by atoms with Crippen molar-refractivity contribution in [3.8, 4) is 0 Å². The van der Waals surface area contributed by atoms with Crippen molar-refractivity contribution in [1.82, 2.24) is 16.0 Å². The summed E-state index contributed by atoms with van der Waals surface area (Å²) >= 11 is 0. The van der Waals surface area contributed by atoms with Crippen LogP contribution < -0.4 is 16.0 Å². The lowest BCUT2D eigenvalue weighted by molar-refractivity contribution is -0.150. The molecule has 1 unspecified atom stereocenters. The molecule has 0 aromatic carbocycles. The number of ether oxygens (including phenoxy) is 3. The van der Waals surface area contributed by atoms with Crippen LogP contribution in [0.3, 0.4) is 0 Å². The van der Waals surface area contributed by atoms with E-state index in [1.54, 1.807) is 20.8 Å². The molecule has 0 aliphatic carbocycles. The summed E-state index contributed by atoms with van der Waals surface area (Å²) < 4.78 is 14.9. The van der Waals surface area contributed by atoms with Gasteiger partial charge in [-0.15, -0.1) is 0 Å². The Morgan fingerprint density at radius 1 is 0.971 bits per heavy atom. The molecule has 13 heteroatoms. The molecule has 0 aliphatic rings. The second kappa shape index (κ2) is 20.2. The summed E-state index contributed by atoms with van der Waals surface area (Å²) in [6, 6.07) is -0.660. The lowest BCUT2D eigenvalue weighted by Gasteiger charge is -2.27. The second-order valence-electron chi connectivity index (χ2n) is 8.88. The van der Waals surface area contributed by atoms with Gasteiger partial charge in [0, 0.05) is 13.0 Å². The standard InChI is InChI=1S/C15H30N2O7.C7H15NO3/c1-10(2)12(13(20)23-7-6-22-9-18)17-11(19)8-16-14(21)24-15(3,4)5;1-2-3-7(11)8-4-6(10)5-9/h10,12-13,18,20H,6-9H2,1-5H3,(H,16,21)(H,17,19);6,9-10H,2-5H2,1H3,(H,8,11)/t12-,13?;6-/m01/s1. The van der Waals surface area contributed by atoms with Gasteiger partial charge in [-0.1, -0.05) is 20.8 Å². The van der Waals surface area contributed by atoms with Crippen LogP contribution in [0.15, 0.2) is 0 Å². The normalized spacial score (nSPS) is 13.7. The minimum atomic E-state index is -1.24. The molecule has 0 saturated carbocycles. The van der Waals surface area contributed by atoms with E-state index in [4.69, 9.17) is 24.8 Å². The van der Waals surface area contributed by atoms with E-state index < -0.39 is 42.8 Å². The van der Waals surface area contributed by atoms with Crippen LogP contribution in [-0.2, 0) is 23.8 Å². The topological polar surface area (TPSA) is 196 Å². The Kier molecular flexibility index (Phi) is 20.3. The van der Waals surface area contributed by atoms with Crippen LogP contribution in [0.2, 0.25) is 0 Å². The summed E-state index contributed by atoms with van der Waals surface area (Å²) in [7, 11) is 0. The molecular formula is C22H45N3O10. The number of aliphatic hydroxyl groups excluding tert-OH is 4. The van der Waals surface area contributed by atoms with Crippen LogP contribution in [-0.4, -0.2) is 102 Å². The van der Waals surface area contributed by atoms with Crippen molar-refractivity contribution in [3.05, 3.63) is 0 Å². The van der Waals surface area contributed by atoms with Gasteiger partial charge < -0.3 is 50.6 Å². The Labute approximate surface area is 207 Å². The SMILES string of the molecule is CC(C)[C@H](NC(=O)CNC(=O)OC(C)(C)C)C(O)OCCOCO.CCCC(=O)NC[C@@H](O)CO. The predicted octanol–water partition coefficient (Wildman–Crippen LogP) is -0.791. The molecular weight excluding hydrogens is 466 g/mol. The van der Waals surface area contributed by atoms with Crippen molar-refractivity contribution in [3.63, 3.8) is 0 Å². The molecule has 0 aromatic heterocycles. The lowest BCUT2D eigenvalue weighted by atomic mass is 10.0. The van der Waals surface area contributed by atoms with Gasteiger partial charge in [-0.05, 0) is 33.1 Å². The van der Waals surface area contributed by atoms with E-state index in [-0.39, 0.29) is 44.7 Å². The Morgan fingerprint density at radius 3 is 2.09 bits per heavy atom. The minimum Gasteiger partial charge on any atom is -0.444 e. The van der Waals surface area contributed by atoms with Crippen LogP contribution in [0.4, 0.5) is 4.79 Å². The van der Waals surface area contributed by atoms with Crippen molar-refractivity contribution < 1.29 is 49.0 Å². The number of aliphatic hydroxyl groups is 4. The van der Waals surface area contributed by atoms with E-state index in [0.717, 1.165) is 6.42 Å². The Morgan fingerprint density at radius 2 is 1.60 bits per heavy atom. The van der Waals surface area contributed by atoms with E-state index in [1.165, 1.54) is 0 Å². The number of nitrogens with one attached hydrogen (secondary N) is 3. The van der Waals surface area contributed by atoms with Crippen molar-refractivity contribution in [2.45, 2.75) is 78.4 Å². The zero-order valence-corrected chi connectivity index (χ0v) is 21.7. The smallest absolute Gasteiger partial charge is 0.408 e. The summed E-state index contributed by atoms with van der Waals surface area (Å²) in [5.74, 6) is -0.668. The van der Waals surface area contributed by atoms with E-state index in [1.807, 2.05) is 20.8 Å². The highest BCUT2D eigenvalue weighted by Gasteiger charge is 2.25. The fraction of sp³-hybridized carbons (Fsp3) is 0.864. The van der Waals surface area contributed by atoms with E-state index in [0.29, 0.717) is 6.42 Å². The van der Waals surface area contributed by atoms with Crippen LogP contribution in [0.1, 0.15) is 54.4 Å². The van der Waals surface area contributed by atoms with Gasteiger partial charge in [0.1, 0.15) is 18.9 Å². The lowest BCUT2D eigenvalue weighted by Crippen LogP contribution is -2.51. The molecule has 35 heavy (non-hydrogen) atoms. The van der Waals surface area contributed by atoms with Gasteiger partial charge in [-0.25, -0.2) is 4.79 Å². The molecule has 208 valence electrons. The number of rotatable bonds is 15. The molecule has 0 spiro atoms. The molecule has 0 heterocycles. The van der Waals surface area contributed by atoms with Crippen molar-refractivity contribution in [1.29, 1.82) is 0 Å². The van der Waals surface area contributed by atoms with Crippen LogP contribution >= 0.6 is 0 Å². The Hall–Kier alpha value is -2.03. The van der Waals surface area contributed by atoms with Gasteiger partial charge in [0.2, 0.25) is 11.8 Å². The fourth-order valence-electron chi connectivity index (χ4n) is 2.28. The summed E-state index contributed by atoms with van der Waals surface area (Å²) in [5.41, 5.74) is -0.651. The number of hydrogen-bond acceptors (Lipinski definition) is 10. The molecule has 0 fully saturated rings. The average molecular weight is 512 g/mol. The molecule has 3 amide bonds. The van der Waals surface area contributed by atoms with Crippen LogP contribution in [0, 0.1) is 5.92 Å². The quantitative estimate of drug-likeness (QED) is 0.108. The zero-order chi connectivity index (χ0) is 27.4. The monoisotopic (exact) mass is 511 g/mol. The number of carbonyl (C=O) groups excluding carboxylic acids is 3. The number of alkyl carbamates (subject to hydrolysis) is 1. The highest BCUT2D eigenvalue weighted by Crippen LogP contribution is 2.08. The van der Waals surface area contributed by atoms with Gasteiger partial charge in [-0.2, -0.15) is 0 Å². The third-order valence-electron chi connectivity index (χ3n) is 3.98. The minimum absolute atomic E-state index is 0.0664. The molecule has 13 nitrogen and oxygen atoms in total. The van der Waals surface area contributed by atoms with Crippen LogP contribution in [0.5, 0.6) is 0 Å². The van der Waals surface area contributed by atoms with E-state index in [2.05, 4.69) is 20.7 Å². The van der Waals surface area contributed by atoms with E-state index in [9.17, 15) is 19.5 Å². The highest BCUT2D eigenvalue weighted by molar-refractivity contribution is 5.82. The van der Waals surface area contributed by atoms with E-state index >= 15 is 0 Å². The van der Waals surface area contributed by atoms with Gasteiger partial charge in [0.15, 0.2) is 6.29 Å². The molecule has 0 aromatic rings. The maximum atomic E-state index is 11.9. The first kappa shape index (κ1) is 35.1. The van der Waals surface area contributed by atoms with Gasteiger partial charge >= 0.3 is 6.09 Å². The van der Waals surface area contributed by atoms with Gasteiger partial charge in [-0.3, -0.25) is 9.59 Å². The molecule has 0 rings (SSSR count). The third kappa shape index (κ3) is 22.2. The van der Waals surface area contributed by atoms with Crippen molar-refractivity contribution in [2.24, 2.45) is 5.92 Å². The molecule has 0 aliphatic heterocycles. The molecule has 7 N–H and O–H groups in total. The average Bonchev–Trinajstić information content (AvgIpc) is 2.76. The summed E-state index contributed by atoms with van der Waals surface area (Å²) in [6.45, 7) is 9.97. The third-order valence-corrected chi connectivity index (χ3v) is 3.98. The molecule has 0 saturated heterocycles. The molecule has 0 radical (unpaired) electrons. The fourth-order valence-corrected chi connectivity index (χ4v) is 2.28. The number of amides is 3. The van der Waals surface area contributed by atoms with Crippen LogP contribution in [0.25, 0.3) is 0 Å². The maximum absolute atomic E-state index is 11.9. The van der Waals surface area contributed by atoms with Gasteiger partial charge in [0.05, 0.1) is 32.0 Å². The Bertz CT molecular complexity index is 584. The predicted molar refractivity (Wildman–Crippen MR) is 127 cm³/mol. The van der Waals surface area contributed by atoms with Crippen molar-refractivity contribution in [2.75, 3.05) is 39.7 Å². The molecule has 0 bridgehead atoms. The second-order valence-corrected chi connectivity index (χ2v) is 8.88. The number of hydrogen-bond donors (Lipinski definition) is 7. The first-order valence-electron chi connectivity index (χ1n) is 11.6. The number of carbonyl (C=O) groups is 3.